The van der Waals surface area contributed by atoms with E-state index in [1.165, 1.54) is 10.4 Å². The van der Waals surface area contributed by atoms with Gasteiger partial charge in [0.2, 0.25) is 0 Å². The summed E-state index contributed by atoms with van der Waals surface area (Å²) in [6.07, 6.45) is 3.34. The zero-order chi connectivity index (χ0) is 23.8. The van der Waals surface area contributed by atoms with E-state index in [1.54, 1.807) is 29.8 Å². The first-order chi connectivity index (χ1) is 16.6. The number of aromatic nitrogens is 1. The predicted molar refractivity (Wildman–Crippen MR) is 134 cm³/mol. The second-order valence-corrected chi connectivity index (χ2v) is 9.54. The molecular weight excluding hydrogens is 446 g/mol. The second kappa shape index (κ2) is 11.9. The van der Waals surface area contributed by atoms with Crippen molar-refractivity contribution in [3.8, 4) is 0 Å². The Bertz CT molecular complexity index is 1040. The van der Waals surface area contributed by atoms with Crippen molar-refractivity contribution in [1.82, 2.24) is 25.4 Å². The fraction of sp³-hybridized carbons (Fsp3) is 0.346. The van der Waals surface area contributed by atoms with Crippen LogP contribution in [0, 0.1) is 0 Å². The first-order valence-electron chi connectivity index (χ1n) is 11.6. The number of thiophene rings is 1. The first kappa shape index (κ1) is 24.1. The molecule has 0 bridgehead atoms. The maximum absolute atomic E-state index is 12.6. The van der Waals surface area contributed by atoms with Crippen LogP contribution >= 0.6 is 11.3 Å². The van der Waals surface area contributed by atoms with E-state index < -0.39 is 11.8 Å². The van der Waals surface area contributed by atoms with Crippen molar-refractivity contribution < 1.29 is 9.59 Å². The summed E-state index contributed by atoms with van der Waals surface area (Å²) in [7, 11) is 0. The van der Waals surface area contributed by atoms with Crippen molar-refractivity contribution in [3.05, 3.63) is 88.4 Å². The number of amides is 2. The fourth-order valence-corrected chi connectivity index (χ4v) is 5.32. The zero-order valence-electron chi connectivity index (χ0n) is 19.4. The highest BCUT2D eigenvalue weighted by Gasteiger charge is 2.31. The summed E-state index contributed by atoms with van der Waals surface area (Å²) in [4.78, 5) is 35.1. The zero-order valence-corrected chi connectivity index (χ0v) is 20.2. The van der Waals surface area contributed by atoms with E-state index in [1.807, 2.05) is 25.1 Å². The standard InChI is InChI=1S/C26H31N5O2S/c1-20(29-26(33)25(32)28-18-22-9-5-11-27-17-22)24(23-10-6-16-34-23)31-14-12-30(13-15-31)19-21-7-3-2-4-8-21/h2-11,16-17,20,24H,12-15,18-19H2,1H3,(H,28,32)(H,29,33)/t20-,24-/m0/s1. The van der Waals surface area contributed by atoms with Crippen LogP contribution in [0.15, 0.2) is 72.4 Å². The highest BCUT2D eigenvalue weighted by molar-refractivity contribution is 7.10. The third-order valence-electron chi connectivity index (χ3n) is 6.10. The van der Waals surface area contributed by atoms with Crippen LogP contribution in [-0.2, 0) is 22.7 Å². The molecule has 0 unspecified atom stereocenters. The van der Waals surface area contributed by atoms with E-state index in [4.69, 9.17) is 0 Å². The van der Waals surface area contributed by atoms with E-state index in [0.29, 0.717) is 0 Å². The Morgan fingerprint density at radius 2 is 1.74 bits per heavy atom. The monoisotopic (exact) mass is 477 g/mol. The van der Waals surface area contributed by atoms with E-state index in [9.17, 15) is 9.59 Å². The summed E-state index contributed by atoms with van der Waals surface area (Å²) in [5.74, 6) is -1.24. The molecule has 3 heterocycles. The smallest absolute Gasteiger partial charge is 0.309 e. The Morgan fingerprint density at radius 3 is 2.41 bits per heavy atom. The lowest BCUT2D eigenvalue weighted by molar-refractivity contribution is -0.140. The molecule has 0 radical (unpaired) electrons. The molecule has 1 aliphatic rings. The minimum absolute atomic E-state index is 0.0222. The average Bonchev–Trinajstić information content (AvgIpc) is 3.39. The van der Waals surface area contributed by atoms with E-state index >= 15 is 0 Å². The number of benzene rings is 1. The molecule has 1 aliphatic heterocycles. The normalized spacial score (nSPS) is 16.5. The predicted octanol–water partition coefficient (Wildman–Crippen LogP) is 2.82. The number of nitrogens with one attached hydrogen (secondary N) is 2. The summed E-state index contributed by atoms with van der Waals surface area (Å²) in [6, 6.07) is 18.1. The maximum Gasteiger partial charge on any atom is 0.309 e. The number of hydrogen-bond donors (Lipinski definition) is 2. The largest absolute Gasteiger partial charge is 0.344 e. The molecule has 1 aromatic carbocycles. The van der Waals surface area contributed by atoms with E-state index in [0.717, 1.165) is 38.3 Å². The number of piperazine rings is 1. The van der Waals surface area contributed by atoms with Crippen LogP contribution in [0.1, 0.15) is 29.0 Å². The minimum Gasteiger partial charge on any atom is -0.344 e. The second-order valence-electron chi connectivity index (χ2n) is 8.56. The highest BCUT2D eigenvalue weighted by Crippen LogP contribution is 2.29. The maximum atomic E-state index is 12.6. The Labute approximate surface area is 204 Å². The van der Waals surface area contributed by atoms with Crippen LogP contribution in [0.4, 0.5) is 0 Å². The molecule has 2 amide bonds. The molecule has 2 atom stereocenters. The molecule has 8 heteroatoms. The van der Waals surface area contributed by atoms with Crippen molar-refractivity contribution in [2.75, 3.05) is 26.2 Å². The van der Waals surface area contributed by atoms with Gasteiger partial charge < -0.3 is 10.6 Å². The van der Waals surface area contributed by atoms with E-state index in [2.05, 4.69) is 61.1 Å². The van der Waals surface area contributed by atoms with Gasteiger partial charge in [0.25, 0.3) is 0 Å². The number of carbonyl (C=O) groups excluding carboxylic acids is 2. The van der Waals surface area contributed by atoms with Crippen molar-refractivity contribution in [2.24, 2.45) is 0 Å². The van der Waals surface area contributed by atoms with Crippen molar-refractivity contribution in [1.29, 1.82) is 0 Å². The van der Waals surface area contributed by atoms with Crippen LogP contribution in [0.25, 0.3) is 0 Å². The Hall–Kier alpha value is -3.07. The van der Waals surface area contributed by atoms with Crippen molar-refractivity contribution in [2.45, 2.75) is 32.1 Å². The number of rotatable bonds is 8. The van der Waals surface area contributed by atoms with Crippen LogP contribution in [0.3, 0.4) is 0 Å². The molecule has 4 rings (SSSR count). The summed E-state index contributed by atoms with van der Waals surface area (Å²) in [5, 5.41) is 7.67. The molecule has 34 heavy (non-hydrogen) atoms. The molecule has 3 aromatic rings. The third kappa shape index (κ3) is 6.50. The van der Waals surface area contributed by atoms with Crippen LogP contribution in [-0.4, -0.2) is 58.8 Å². The Kier molecular flexibility index (Phi) is 8.41. The van der Waals surface area contributed by atoms with Gasteiger partial charge >= 0.3 is 11.8 Å². The van der Waals surface area contributed by atoms with Gasteiger partial charge in [-0.2, -0.15) is 0 Å². The molecule has 0 aliphatic carbocycles. The highest BCUT2D eigenvalue weighted by atomic mass is 32.1. The van der Waals surface area contributed by atoms with Gasteiger partial charge in [-0.05, 0) is 35.6 Å². The van der Waals surface area contributed by atoms with Crippen LogP contribution in [0.2, 0.25) is 0 Å². The van der Waals surface area contributed by atoms with Crippen molar-refractivity contribution >= 4 is 23.2 Å². The van der Waals surface area contributed by atoms with E-state index in [-0.39, 0.29) is 18.6 Å². The lowest BCUT2D eigenvalue weighted by atomic mass is 10.0. The lowest BCUT2D eigenvalue weighted by Gasteiger charge is -2.41. The minimum atomic E-state index is -0.631. The number of carbonyl (C=O) groups is 2. The summed E-state index contributed by atoms with van der Waals surface area (Å²) < 4.78 is 0. The van der Waals surface area contributed by atoms with Gasteiger partial charge in [0.1, 0.15) is 0 Å². The molecule has 0 spiro atoms. The Balaban J connectivity index is 1.34. The molecular formula is C26H31N5O2S. The summed E-state index contributed by atoms with van der Waals surface area (Å²) in [5.41, 5.74) is 2.17. The molecule has 1 fully saturated rings. The third-order valence-corrected chi connectivity index (χ3v) is 7.04. The van der Waals surface area contributed by atoms with Crippen molar-refractivity contribution in [3.63, 3.8) is 0 Å². The van der Waals surface area contributed by atoms with Gasteiger partial charge in [-0.15, -0.1) is 11.3 Å². The van der Waals surface area contributed by atoms with Crippen LogP contribution < -0.4 is 10.6 Å². The first-order valence-corrected chi connectivity index (χ1v) is 12.5. The summed E-state index contributed by atoms with van der Waals surface area (Å²) >= 11 is 1.69. The SMILES string of the molecule is C[C@H](NC(=O)C(=O)NCc1cccnc1)[C@@H](c1cccs1)N1CCN(Cc2ccccc2)CC1. The average molecular weight is 478 g/mol. The molecule has 2 N–H and O–H groups in total. The van der Waals surface area contributed by atoms with Crippen LogP contribution in [0.5, 0.6) is 0 Å². The molecule has 7 nitrogen and oxygen atoms in total. The number of nitrogens with zero attached hydrogens (tertiary/aromatic N) is 3. The number of pyridine rings is 1. The Morgan fingerprint density at radius 1 is 0.971 bits per heavy atom. The number of hydrogen-bond acceptors (Lipinski definition) is 6. The van der Waals surface area contributed by atoms with Gasteiger partial charge in [0.05, 0.1) is 6.04 Å². The topological polar surface area (TPSA) is 77.6 Å². The van der Waals surface area contributed by atoms with Gasteiger partial charge in [-0.1, -0.05) is 42.5 Å². The molecule has 178 valence electrons. The van der Waals surface area contributed by atoms with Gasteiger partial charge in [0.15, 0.2) is 0 Å². The molecule has 2 aromatic heterocycles. The quantitative estimate of drug-likeness (QED) is 0.488. The fourth-order valence-electron chi connectivity index (χ4n) is 4.36. The molecule has 1 saturated heterocycles. The van der Waals surface area contributed by atoms with Gasteiger partial charge in [0, 0.05) is 62.6 Å². The van der Waals surface area contributed by atoms with Gasteiger partial charge in [-0.25, -0.2) is 0 Å². The molecule has 0 saturated carbocycles. The lowest BCUT2D eigenvalue weighted by Crippen LogP contribution is -2.53. The van der Waals surface area contributed by atoms with Gasteiger partial charge in [-0.3, -0.25) is 24.4 Å². The summed E-state index contributed by atoms with van der Waals surface area (Å²) in [6.45, 7) is 6.93.